The quantitative estimate of drug-likeness (QED) is 0.479. The van der Waals surface area contributed by atoms with Gasteiger partial charge in [0.1, 0.15) is 0 Å². The molecule has 1 heteroatoms. The van der Waals surface area contributed by atoms with Gasteiger partial charge in [-0.15, -0.1) is 0 Å². The predicted octanol–water partition coefficient (Wildman–Crippen LogP) is 3.28. The number of hydrogen-bond donors (Lipinski definition) is 1. The average molecular weight is 170 g/mol. The van der Waals surface area contributed by atoms with Gasteiger partial charge in [0.15, 0.2) is 0 Å². The molecule has 1 nitrogen and oxygen atoms in total. The summed E-state index contributed by atoms with van der Waals surface area (Å²) in [7, 11) is 0. The maximum Gasteiger partial charge on any atom is 0.0798 e. The van der Waals surface area contributed by atoms with E-state index >= 15 is 0 Å². The number of aliphatic hydroxyl groups is 1. The fourth-order valence-corrected chi connectivity index (χ4v) is 1.07. The van der Waals surface area contributed by atoms with E-state index in [2.05, 4.69) is 13.5 Å². The Hall–Kier alpha value is -0.300. The third-order valence-electron chi connectivity index (χ3n) is 2.20. The van der Waals surface area contributed by atoms with Gasteiger partial charge in [-0.1, -0.05) is 32.8 Å². The highest BCUT2D eigenvalue weighted by molar-refractivity contribution is 5.07. The van der Waals surface area contributed by atoms with Crippen LogP contribution in [0.2, 0.25) is 0 Å². The highest BCUT2D eigenvalue weighted by Gasteiger charge is 2.15. The molecule has 0 atom stereocenters. The lowest BCUT2D eigenvalue weighted by Gasteiger charge is -2.20. The molecule has 0 radical (unpaired) electrons. The first-order valence-electron chi connectivity index (χ1n) is 4.89. The summed E-state index contributed by atoms with van der Waals surface area (Å²) in [6.07, 6.45) is 5.93. The summed E-state index contributed by atoms with van der Waals surface area (Å²) < 4.78 is 0. The smallest absolute Gasteiger partial charge is 0.0798 e. The second-order valence-electron chi connectivity index (χ2n) is 3.97. The van der Waals surface area contributed by atoms with Gasteiger partial charge in [0.25, 0.3) is 0 Å². The average Bonchev–Trinajstić information content (AvgIpc) is 1.96. The molecular weight excluding hydrogens is 148 g/mol. The summed E-state index contributed by atoms with van der Waals surface area (Å²) in [5.41, 5.74) is 0.269. The Morgan fingerprint density at radius 2 is 1.83 bits per heavy atom. The van der Waals surface area contributed by atoms with Crippen molar-refractivity contribution in [3.05, 3.63) is 12.2 Å². The molecule has 0 heterocycles. The van der Waals surface area contributed by atoms with Gasteiger partial charge in [0.2, 0.25) is 0 Å². The van der Waals surface area contributed by atoms with Gasteiger partial charge < -0.3 is 5.11 Å². The van der Waals surface area contributed by atoms with Crippen molar-refractivity contribution in [2.75, 3.05) is 0 Å². The van der Waals surface area contributed by atoms with Crippen molar-refractivity contribution in [2.45, 2.75) is 58.5 Å². The van der Waals surface area contributed by atoms with Crippen LogP contribution in [0.1, 0.15) is 52.9 Å². The number of unbranched alkanes of at least 4 members (excludes halogenated alkanes) is 3. The molecule has 0 aromatic carbocycles. The summed E-state index contributed by atoms with van der Waals surface area (Å²) in [5.74, 6) is 0. The molecule has 12 heavy (non-hydrogen) atoms. The maximum atomic E-state index is 9.54. The van der Waals surface area contributed by atoms with E-state index in [1.54, 1.807) is 13.8 Å². The van der Waals surface area contributed by atoms with E-state index in [0.717, 1.165) is 18.4 Å². The van der Waals surface area contributed by atoms with Crippen molar-refractivity contribution in [1.29, 1.82) is 0 Å². The molecule has 0 aliphatic rings. The van der Waals surface area contributed by atoms with Gasteiger partial charge >= 0.3 is 0 Å². The first-order valence-corrected chi connectivity index (χ1v) is 4.89. The zero-order valence-corrected chi connectivity index (χ0v) is 8.69. The normalized spacial score (nSPS) is 11.7. The van der Waals surface area contributed by atoms with Crippen LogP contribution >= 0.6 is 0 Å². The van der Waals surface area contributed by atoms with Crippen LogP contribution in [0.25, 0.3) is 0 Å². The fraction of sp³-hybridized carbons (Fsp3) is 0.818. The maximum absolute atomic E-state index is 9.54. The summed E-state index contributed by atoms with van der Waals surface area (Å²) in [6.45, 7) is 9.67. The van der Waals surface area contributed by atoms with Gasteiger partial charge in [-0.3, -0.25) is 0 Å². The third-order valence-corrected chi connectivity index (χ3v) is 2.20. The molecule has 0 rings (SSSR count). The largest absolute Gasteiger partial charge is 0.386 e. The Morgan fingerprint density at radius 3 is 2.25 bits per heavy atom. The van der Waals surface area contributed by atoms with Crippen molar-refractivity contribution in [3.63, 3.8) is 0 Å². The monoisotopic (exact) mass is 170 g/mol. The minimum Gasteiger partial charge on any atom is -0.386 e. The molecule has 0 aliphatic carbocycles. The Labute approximate surface area is 76.5 Å². The van der Waals surface area contributed by atoms with E-state index in [1.807, 2.05) is 0 Å². The SMILES string of the molecule is C=C(CCCCCC)C(C)(C)O. The molecule has 0 unspecified atom stereocenters. The Morgan fingerprint density at radius 1 is 1.25 bits per heavy atom. The van der Waals surface area contributed by atoms with Crippen LogP contribution in [-0.2, 0) is 0 Å². The predicted molar refractivity (Wildman–Crippen MR) is 54.2 cm³/mol. The zero-order chi connectivity index (χ0) is 9.61. The molecule has 0 aromatic rings. The molecule has 1 N–H and O–H groups in total. The van der Waals surface area contributed by atoms with Crippen LogP contribution in [0.3, 0.4) is 0 Å². The van der Waals surface area contributed by atoms with Gasteiger partial charge in [-0.2, -0.15) is 0 Å². The second kappa shape index (κ2) is 5.36. The summed E-state index contributed by atoms with van der Waals surface area (Å²) in [5, 5.41) is 9.54. The van der Waals surface area contributed by atoms with Crippen LogP contribution in [0.15, 0.2) is 12.2 Å². The van der Waals surface area contributed by atoms with Gasteiger partial charge in [0, 0.05) is 0 Å². The van der Waals surface area contributed by atoms with Crippen molar-refractivity contribution in [1.82, 2.24) is 0 Å². The van der Waals surface area contributed by atoms with Crippen LogP contribution in [0.4, 0.5) is 0 Å². The molecule has 0 spiro atoms. The topological polar surface area (TPSA) is 20.2 Å². The third kappa shape index (κ3) is 5.36. The summed E-state index contributed by atoms with van der Waals surface area (Å²) in [4.78, 5) is 0. The molecule has 0 aromatic heterocycles. The summed E-state index contributed by atoms with van der Waals surface area (Å²) >= 11 is 0. The Bertz CT molecular complexity index is 130. The number of rotatable bonds is 6. The highest BCUT2D eigenvalue weighted by atomic mass is 16.3. The first kappa shape index (κ1) is 11.7. The minimum atomic E-state index is -0.688. The number of hydrogen-bond acceptors (Lipinski definition) is 1. The molecule has 0 saturated carbocycles. The highest BCUT2D eigenvalue weighted by Crippen LogP contribution is 2.19. The van der Waals surface area contributed by atoms with E-state index in [0.29, 0.717) is 0 Å². The van der Waals surface area contributed by atoms with E-state index < -0.39 is 5.60 Å². The lowest BCUT2D eigenvalue weighted by molar-refractivity contribution is 0.116. The van der Waals surface area contributed by atoms with Crippen LogP contribution in [0.5, 0.6) is 0 Å². The molecular formula is C11H22O. The van der Waals surface area contributed by atoms with Crippen molar-refractivity contribution in [2.24, 2.45) is 0 Å². The van der Waals surface area contributed by atoms with E-state index in [-0.39, 0.29) is 0 Å². The molecule has 0 saturated heterocycles. The molecule has 0 aliphatic heterocycles. The summed E-state index contributed by atoms with van der Waals surface area (Å²) in [6, 6.07) is 0. The van der Waals surface area contributed by atoms with Crippen molar-refractivity contribution in [3.8, 4) is 0 Å². The lowest BCUT2D eigenvalue weighted by atomic mass is 9.94. The standard InChI is InChI=1S/C11H22O/c1-5-6-7-8-9-10(2)11(3,4)12/h12H,2,5-9H2,1,3-4H3. The van der Waals surface area contributed by atoms with E-state index in [1.165, 1.54) is 19.3 Å². The van der Waals surface area contributed by atoms with Crippen molar-refractivity contribution < 1.29 is 5.11 Å². The lowest BCUT2D eigenvalue weighted by Crippen LogP contribution is -2.20. The van der Waals surface area contributed by atoms with E-state index in [4.69, 9.17) is 0 Å². The Balaban J connectivity index is 3.45. The van der Waals surface area contributed by atoms with E-state index in [9.17, 15) is 5.11 Å². The van der Waals surface area contributed by atoms with Crippen LogP contribution in [0, 0.1) is 0 Å². The van der Waals surface area contributed by atoms with Crippen LogP contribution < -0.4 is 0 Å². The first-order chi connectivity index (χ1) is 5.48. The minimum absolute atomic E-state index is 0.688. The Kier molecular flexibility index (Phi) is 5.23. The van der Waals surface area contributed by atoms with Gasteiger partial charge in [0.05, 0.1) is 5.60 Å². The van der Waals surface area contributed by atoms with Gasteiger partial charge in [-0.25, -0.2) is 0 Å². The van der Waals surface area contributed by atoms with Crippen LogP contribution in [-0.4, -0.2) is 10.7 Å². The zero-order valence-electron chi connectivity index (χ0n) is 8.69. The molecule has 0 bridgehead atoms. The molecule has 72 valence electrons. The molecule has 0 fully saturated rings. The second-order valence-corrected chi connectivity index (χ2v) is 3.97. The van der Waals surface area contributed by atoms with Crippen molar-refractivity contribution >= 4 is 0 Å². The fourth-order valence-electron chi connectivity index (χ4n) is 1.07. The van der Waals surface area contributed by atoms with Gasteiger partial charge in [-0.05, 0) is 32.3 Å². The molecule has 0 amide bonds.